The van der Waals surface area contributed by atoms with E-state index in [-0.39, 0.29) is 38.5 Å². The summed E-state index contributed by atoms with van der Waals surface area (Å²) in [4.78, 5) is 14.0. The standard InChI is InChI=1S/C19H18ClF3N2O3S2/c20-13-1-3-14(4-2-13)29-12-7-17(26)24-8-10-25(11-9-24)30(27,28)16-6-5-15(21)18(22)19(16)23/h1-6H,7-12H2. The van der Waals surface area contributed by atoms with Crippen LogP contribution in [0.15, 0.2) is 46.2 Å². The van der Waals surface area contributed by atoms with E-state index in [0.29, 0.717) is 22.9 Å². The molecular formula is C19H18ClF3N2O3S2. The van der Waals surface area contributed by atoms with Gasteiger partial charge in [-0.3, -0.25) is 4.79 Å². The van der Waals surface area contributed by atoms with Crippen LogP contribution in [0.4, 0.5) is 13.2 Å². The van der Waals surface area contributed by atoms with Gasteiger partial charge in [-0.1, -0.05) is 11.6 Å². The molecule has 1 aliphatic rings. The Labute approximate surface area is 181 Å². The predicted octanol–water partition coefficient (Wildman–Crippen LogP) is 3.77. The lowest BCUT2D eigenvalue weighted by molar-refractivity contribution is -0.131. The van der Waals surface area contributed by atoms with Gasteiger partial charge in [0.25, 0.3) is 0 Å². The van der Waals surface area contributed by atoms with Crippen LogP contribution < -0.4 is 0 Å². The molecule has 0 saturated carbocycles. The molecule has 30 heavy (non-hydrogen) atoms. The predicted molar refractivity (Wildman–Crippen MR) is 108 cm³/mol. The molecule has 1 saturated heterocycles. The number of piperazine rings is 1. The van der Waals surface area contributed by atoms with Crippen molar-refractivity contribution in [3.63, 3.8) is 0 Å². The quantitative estimate of drug-likeness (QED) is 0.468. The Morgan fingerprint density at radius 1 is 0.967 bits per heavy atom. The average molecular weight is 479 g/mol. The van der Waals surface area contributed by atoms with Crippen LogP contribution in [0.2, 0.25) is 5.02 Å². The first kappa shape index (κ1) is 22.9. The van der Waals surface area contributed by atoms with E-state index in [2.05, 4.69) is 0 Å². The second-order valence-electron chi connectivity index (χ2n) is 6.51. The topological polar surface area (TPSA) is 57.7 Å². The Balaban J connectivity index is 1.54. The Bertz CT molecular complexity index is 1030. The summed E-state index contributed by atoms with van der Waals surface area (Å²) in [6, 6.07) is 8.53. The summed E-state index contributed by atoms with van der Waals surface area (Å²) >= 11 is 7.34. The molecule has 0 N–H and O–H groups in total. The number of carbonyl (C=O) groups excluding carboxylic acids is 1. The van der Waals surface area contributed by atoms with Gasteiger partial charge in [-0.2, -0.15) is 4.31 Å². The Hall–Kier alpha value is -1.75. The maximum absolute atomic E-state index is 13.9. The van der Waals surface area contributed by atoms with Crippen molar-refractivity contribution in [1.29, 1.82) is 0 Å². The second kappa shape index (κ2) is 9.59. The zero-order chi connectivity index (χ0) is 21.9. The lowest BCUT2D eigenvalue weighted by Crippen LogP contribution is -2.50. The number of hydrogen-bond acceptors (Lipinski definition) is 4. The first-order valence-corrected chi connectivity index (χ1v) is 11.8. The minimum absolute atomic E-state index is 0.0587. The average Bonchev–Trinajstić information content (AvgIpc) is 2.73. The molecule has 1 fully saturated rings. The van der Waals surface area contributed by atoms with Gasteiger partial charge in [0.05, 0.1) is 0 Å². The smallest absolute Gasteiger partial charge is 0.246 e. The highest BCUT2D eigenvalue weighted by atomic mass is 35.5. The summed E-state index contributed by atoms with van der Waals surface area (Å²) in [6.45, 7) is 0.150. The second-order valence-corrected chi connectivity index (χ2v) is 10.0. The van der Waals surface area contributed by atoms with E-state index in [4.69, 9.17) is 11.6 Å². The lowest BCUT2D eigenvalue weighted by Gasteiger charge is -2.34. The number of thioether (sulfide) groups is 1. The van der Waals surface area contributed by atoms with Gasteiger partial charge in [0.2, 0.25) is 15.9 Å². The zero-order valence-electron chi connectivity index (χ0n) is 15.7. The maximum Gasteiger partial charge on any atom is 0.246 e. The molecule has 11 heteroatoms. The molecule has 0 bridgehead atoms. The lowest BCUT2D eigenvalue weighted by atomic mass is 10.3. The van der Waals surface area contributed by atoms with Crippen LogP contribution >= 0.6 is 23.4 Å². The summed E-state index contributed by atoms with van der Waals surface area (Å²) < 4.78 is 66.6. The first-order valence-electron chi connectivity index (χ1n) is 9.00. The monoisotopic (exact) mass is 478 g/mol. The van der Waals surface area contributed by atoms with Gasteiger partial charge in [-0.25, -0.2) is 21.6 Å². The number of hydrogen-bond donors (Lipinski definition) is 0. The minimum atomic E-state index is -4.34. The molecule has 0 radical (unpaired) electrons. The largest absolute Gasteiger partial charge is 0.340 e. The van der Waals surface area contributed by atoms with Gasteiger partial charge in [-0.05, 0) is 36.4 Å². The highest BCUT2D eigenvalue weighted by Gasteiger charge is 2.33. The van der Waals surface area contributed by atoms with Crippen molar-refractivity contribution < 1.29 is 26.4 Å². The van der Waals surface area contributed by atoms with Crippen LogP contribution in [0.1, 0.15) is 6.42 Å². The van der Waals surface area contributed by atoms with Crippen LogP contribution in [0, 0.1) is 17.5 Å². The van der Waals surface area contributed by atoms with E-state index >= 15 is 0 Å². The summed E-state index contributed by atoms with van der Waals surface area (Å²) in [5.74, 6) is -4.60. The Kier molecular flexibility index (Phi) is 7.33. The normalized spacial score (nSPS) is 15.4. The van der Waals surface area contributed by atoms with Gasteiger partial charge >= 0.3 is 0 Å². The van der Waals surface area contributed by atoms with Crippen LogP contribution in [-0.2, 0) is 14.8 Å². The van der Waals surface area contributed by atoms with Crippen molar-refractivity contribution in [2.24, 2.45) is 0 Å². The molecule has 5 nitrogen and oxygen atoms in total. The van der Waals surface area contributed by atoms with E-state index < -0.39 is 32.4 Å². The van der Waals surface area contributed by atoms with Crippen LogP contribution in [-0.4, -0.2) is 55.5 Å². The summed E-state index contributed by atoms with van der Waals surface area (Å²) in [5, 5.41) is 0.631. The van der Waals surface area contributed by atoms with Gasteiger partial charge < -0.3 is 4.90 Å². The third-order valence-electron chi connectivity index (χ3n) is 4.61. The van der Waals surface area contributed by atoms with Crippen molar-refractivity contribution in [3.8, 4) is 0 Å². The van der Waals surface area contributed by atoms with Crippen molar-refractivity contribution in [2.75, 3.05) is 31.9 Å². The molecule has 1 heterocycles. The number of sulfonamides is 1. The Morgan fingerprint density at radius 2 is 1.60 bits per heavy atom. The van der Waals surface area contributed by atoms with Crippen molar-refractivity contribution in [2.45, 2.75) is 16.2 Å². The Morgan fingerprint density at radius 3 is 2.23 bits per heavy atom. The van der Waals surface area contributed by atoms with E-state index in [1.807, 2.05) is 12.1 Å². The number of nitrogens with zero attached hydrogens (tertiary/aromatic N) is 2. The zero-order valence-corrected chi connectivity index (χ0v) is 18.0. The van der Waals surface area contributed by atoms with Crippen molar-refractivity contribution >= 4 is 39.3 Å². The van der Waals surface area contributed by atoms with Crippen LogP contribution in [0.5, 0.6) is 0 Å². The van der Waals surface area contributed by atoms with Crippen LogP contribution in [0.3, 0.4) is 0 Å². The minimum Gasteiger partial charge on any atom is -0.340 e. The van der Waals surface area contributed by atoms with Gasteiger partial charge in [0, 0.05) is 48.3 Å². The third kappa shape index (κ3) is 5.11. The van der Waals surface area contributed by atoms with E-state index in [1.54, 1.807) is 12.1 Å². The molecular weight excluding hydrogens is 461 g/mol. The number of rotatable bonds is 6. The molecule has 1 amide bonds. The van der Waals surface area contributed by atoms with Gasteiger partial charge in [-0.15, -0.1) is 11.8 Å². The summed E-state index contributed by atoms with van der Waals surface area (Å²) in [6.07, 6.45) is 0.276. The van der Waals surface area contributed by atoms with Crippen molar-refractivity contribution in [3.05, 3.63) is 58.9 Å². The molecule has 0 aliphatic carbocycles. The van der Waals surface area contributed by atoms with Crippen LogP contribution in [0.25, 0.3) is 0 Å². The molecule has 0 unspecified atom stereocenters. The molecule has 3 rings (SSSR count). The highest BCUT2D eigenvalue weighted by molar-refractivity contribution is 7.99. The summed E-state index contributed by atoms with van der Waals surface area (Å²) in [5.41, 5.74) is 0. The van der Waals surface area contributed by atoms with E-state index in [9.17, 15) is 26.4 Å². The molecule has 162 valence electrons. The summed E-state index contributed by atoms with van der Waals surface area (Å²) in [7, 11) is -4.34. The molecule has 1 aliphatic heterocycles. The van der Waals surface area contributed by atoms with E-state index in [1.165, 1.54) is 16.7 Å². The highest BCUT2D eigenvalue weighted by Crippen LogP contribution is 2.25. The fourth-order valence-electron chi connectivity index (χ4n) is 2.97. The fraction of sp³-hybridized carbons (Fsp3) is 0.316. The fourth-order valence-corrected chi connectivity index (χ4v) is 5.41. The third-order valence-corrected chi connectivity index (χ3v) is 7.79. The number of halogens is 4. The van der Waals surface area contributed by atoms with E-state index in [0.717, 1.165) is 9.20 Å². The molecule has 0 aromatic heterocycles. The first-order chi connectivity index (χ1) is 14.2. The van der Waals surface area contributed by atoms with Crippen molar-refractivity contribution in [1.82, 2.24) is 9.21 Å². The van der Waals surface area contributed by atoms with Gasteiger partial charge in [0.1, 0.15) is 4.90 Å². The molecule has 0 atom stereocenters. The van der Waals surface area contributed by atoms with Gasteiger partial charge in [0.15, 0.2) is 17.5 Å². The molecule has 0 spiro atoms. The number of carbonyl (C=O) groups is 1. The molecule has 2 aromatic rings. The SMILES string of the molecule is O=C(CCSc1ccc(Cl)cc1)N1CCN(S(=O)(=O)c2ccc(F)c(F)c2F)CC1. The maximum atomic E-state index is 13.9. The molecule has 2 aromatic carbocycles. The number of benzene rings is 2. The number of amides is 1.